The summed E-state index contributed by atoms with van der Waals surface area (Å²) in [6, 6.07) is 9.78. The molecule has 5 heteroatoms. The zero-order valence-electron chi connectivity index (χ0n) is 9.30. The highest BCUT2D eigenvalue weighted by Crippen LogP contribution is 2.24. The predicted molar refractivity (Wildman–Crippen MR) is 69.4 cm³/mol. The molecule has 1 aromatic heterocycles. The third-order valence-electron chi connectivity index (χ3n) is 2.36. The molecule has 1 heterocycles. The van der Waals surface area contributed by atoms with Gasteiger partial charge in [0, 0.05) is 13.3 Å². The molecule has 2 rings (SSSR count). The van der Waals surface area contributed by atoms with Gasteiger partial charge in [0.15, 0.2) is 5.82 Å². The third kappa shape index (κ3) is 2.62. The summed E-state index contributed by atoms with van der Waals surface area (Å²) < 4.78 is 6.11. The van der Waals surface area contributed by atoms with E-state index in [0.29, 0.717) is 16.1 Å². The molecule has 17 heavy (non-hydrogen) atoms. The van der Waals surface area contributed by atoms with E-state index in [1.807, 2.05) is 30.3 Å². The lowest BCUT2D eigenvalue weighted by atomic mass is 10.1. The van der Waals surface area contributed by atoms with Crippen molar-refractivity contribution < 1.29 is 4.74 Å². The smallest absolute Gasteiger partial charge is 0.164 e. The Labute approximate surface area is 108 Å². The highest BCUT2D eigenvalue weighted by atomic mass is 79.9. The summed E-state index contributed by atoms with van der Waals surface area (Å²) >= 11 is 3.27. The van der Waals surface area contributed by atoms with Crippen LogP contribution in [0.1, 0.15) is 17.5 Å². The molecule has 0 aliphatic heterocycles. The molecule has 1 atom stereocenters. The van der Waals surface area contributed by atoms with E-state index in [-0.39, 0.29) is 6.10 Å². The maximum absolute atomic E-state index is 5.74. The lowest BCUT2D eigenvalue weighted by Crippen LogP contribution is -2.09. The van der Waals surface area contributed by atoms with Crippen molar-refractivity contribution in [2.24, 2.45) is 0 Å². The molecule has 88 valence electrons. The topological polar surface area (TPSA) is 61.0 Å². The lowest BCUT2D eigenvalue weighted by molar-refractivity contribution is 0.129. The van der Waals surface area contributed by atoms with Gasteiger partial charge >= 0.3 is 0 Å². The monoisotopic (exact) mass is 293 g/mol. The molecular weight excluding hydrogens is 282 g/mol. The van der Waals surface area contributed by atoms with Crippen molar-refractivity contribution in [2.45, 2.75) is 6.10 Å². The molecule has 0 amide bonds. The summed E-state index contributed by atoms with van der Waals surface area (Å²) in [5.74, 6) is 0.965. The largest absolute Gasteiger partial charge is 0.383 e. The Morgan fingerprint density at radius 1 is 1.29 bits per heavy atom. The summed E-state index contributed by atoms with van der Waals surface area (Å²) in [5.41, 5.74) is 6.73. The quantitative estimate of drug-likeness (QED) is 0.945. The summed E-state index contributed by atoms with van der Waals surface area (Å²) in [7, 11) is 1.62. The van der Waals surface area contributed by atoms with Crippen LogP contribution in [0.2, 0.25) is 0 Å². The normalized spacial score (nSPS) is 12.4. The van der Waals surface area contributed by atoms with Crippen molar-refractivity contribution in [1.29, 1.82) is 0 Å². The Morgan fingerprint density at radius 2 is 2.00 bits per heavy atom. The Bertz CT molecular complexity index is 504. The van der Waals surface area contributed by atoms with Crippen LogP contribution in [0, 0.1) is 0 Å². The minimum atomic E-state index is -0.299. The number of ether oxygens (including phenoxy) is 1. The molecule has 2 N–H and O–H groups in total. The molecule has 2 aromatic rings. The van der Waals surface area contributed by atoms with Gasteiger partial charge < -0.3 is 10.5 Å². The average Bonchev–Trinajstić information content (AvgIpc) is 2.36. The van der Waals surface area contributed by atoms with Crippen LogP contribution in [-0.2, 0) is 4.74 Å². The second-order valence-electron chi connectivity index (χ2n) is 3.49. The van der Waals surface area contributed by atoms with Crippen LogP contribution in [0.25, 0.3) is 0 Å². The Hall–Kier alpha value is -1.46. The fourth-order valence-corrected chi connectivity index (χ4v) is 1.73. The number of aromatic nitrogens is 2. The molecule has 0 radical (unpaired) electrons. The van der Waals surface area contributed by atoms with Crippen LogP contribution in [0.15, 0.2) is 41.0 Å². The molecule has 1 unspecified atom stereocenters. The average molecular weight is 294 g/mol. The van der Waals surface area contributed by atoms with E-state index in [9.17, 15) is 0 Å². The van der Waals surface area contributed by atoms with E-state index < -0.39 is 0 Å². The van der Waals surface area contributed by atoms with Crippen LogP contribution >= 0.6 is 15.9 Å². The van der Waals surface area contributed by atoms with Gasteiger partial charge in [0.25, 0.3) is 0 Å². The van der Waals surface area contributed by atoms with Gasteiger partial charge in [-0.05, 0) is 21.5 Å². The van der Waals surface area contributed by atoms with Gasteiger partial charge in [-0.1, -0.05) is 30.3 Å². The Balaban J connectivity index is 2.39. The zero-order valence-corrected chi connectivity index (χ0v) is 10.9. The van der Waals surface area contributed by atoms with E-state index in [1.54, 1.807) is 13.3 Å². The van der Waals surface area contributed by atoms with E-state index >= 15 is 0 Å². The van der Waals surface area contributed by atoms with Gasteiger partial charge in [0.1, 0.15) is 11.9 Å². The maximum atomic E-state index is 5.74. The molecular formula is C12H12BrN3O. The molecule has 1 aromatic carbocycles. The van der Waals surface area contributed by atoms with Crippen LogP contribution in [0.3, 0.4) is 0 Å². The number of benzene rings is 1. The van der Waals surface area contributed by atoms with Crippen molar-refractivity contribution in [1.82, 2.24) is 9.97 Å². The predicted octanol–water partition coefficient (Wildman–Crippen LogP) is 2.56. The first-order chi connectivity index (χ1) is 8.22. The van der Waals surface area contributed by atoms with E-state index in [0.717, 1.165) is 5.56 Å². The number of hydrogen-bond donors (Lipinski definition) is 1. The highest BCUT2D eigenvalue weighted by molar-refractivity contribution is 9.10. The van der Waals surface area contributed by atoms with Gasteiger partial charge in [0.2, 0.25) is 0 Å². The van der Waals surface area contributed by atoms with Gasteiger partial charge in [-0.25, -0.2) is 9.97 Å². The SMILES string of the molecule is COC(c1ccccc1)c1ncc(Br)c(N)n1. The summed E-state index contributed by atoms with van der Waals surface area (Å²) in [5, 5.41) is 0. The van der Waals surface area contributed by atoms with Gasteiger partial charge in [-0.15, -0.1) is 0 Å². The van der Waals surface area contributed by atoms with Crippen molar-refractivity contribution in [3.8, 4) is 0 Å². The van der Waals surface area contributed by atoms with E-state index in [2.05, 4.69) is 25.9 Å². The fourth-order valence-electron chi connectivity index (χ4n) is 1.54. The van der Waals surface area contributed by atoms with Crippen molar-refractivity contribution in [2.75, 3.05) is 12.8 Å². The van der Waals surface area contributed by atoms with Crippen LogP contribution in [0.4, 0.5) is 5.82 Å². The first kappa shape index (κ1) is 12.0. The van der Waals surface area contributed by atoms with E-state index in [1.165, 1.54) is 0 Å². The van der Waals surface area contributed by atoms with E-state index in [4.69, 9.17) is 10.5 Å². The second-order valence-corrected chi connectivity index (χ2v) is 4.34. The number of rotatable bonds is 3. The van der Waals surface area contributed by atoms with Gasteiger partial charge in [0.05, 0.1) is 4.47 Å². The number of methoxy groups -OCH3 is 1. The zero-order chi connectivity index (χ0) is 12.3. The maximum Gasteiger partial charge on any atom is 0.164 e. The second kappa shape index (κ2) is 5.25. The molecule has 0 saturated heterocycles. The number of hydrogen-bond acceptors (Lipinski definition) is 4. The standard InChI is InChI=1S/C12H12BrN3O/c1-17-10(8-5-3-2-4-6-8)12-15-7-9(13)11(14)16-12/h2-7,10H,1H3,(H2,14,15,16). The Kier molecular flexibility index (Phi) is 3.71. The van der Waals surface area contributed by atoms with Gasteiger partial charge in [-0.3, -0.25) is 0 Å². The van der Waals surface area contributed by atoms with Crippen molar-refractivity contribution in [3.05, 3.63) is 52.4 Å². The highest BCUT2D eigenvalue weighted by Gasteiger charge is 2.16. The number of anilines is 1. The van der Waals surface area contributed by atoms with Crippen molar-refractivity contribution in [3.63, 3.8) is 0 Å². The lowest BCUT2D eigenvalue weighted by Gasteiger charge is -2.14. The number of nitrogen functional groups attached to an aromatic ring is 1. The molecule has 0 aliphatic carbocycles. The Morgan fingerprint density at radius 3 is 2.59 bits per heavy atom. The van der Waals surface area contributed by atoms with Crippen LogP contribution in [0.5, 0.6) is 0 Å². The minimum absolute atomic E-state index is 0.299. The van der Waals surface area contributed by atoms with Gasteiger partial charge in [-0.2, -0.15) is 0 Å². The molecule has 0 fully saturated rings. The summed E-state index contributed by atoms with van der Waals surface area (Å²) in [6.07, 6.45) is 1.33. The molecule has 4 nitrogen and oxygen atoms in total. The van der Waals surface area contributed by atoms with Crippen LogP contribution in [-0.4, -0.2) is 17.1 Å². The first-order valence-corrected chi connectivity index (χ1v) is 5.87. The summed E-state index contributed by atoms with van der Waals surface area (Å²) in [4.78, 5) is 8.44. The first-order valence-electron chi connectivity index (χ1n) is 5.08. The number of nitrogens with zero attached hydrogens (tertiary/aromatic N) is 2. The number of halogens is 1. The molecule has 0 bridgehead atoms. The molecule has 0 spiro atoms. The minimum Gasteiger partial charge on any atom is -0.383 e. The fraction of sp³-hybridized carbons (Fsp3) is 0.167. The van der Waals surface area contributed by atoms with Crippen molar-refractivity contribution >= 4 is 21.7 Å². The number of nitrogens with two attached hydrogens (primary N) is 1. The summed E-state index contributed by atoms with van der Waals surface area (Å²) in [6.45, 7) is 0. The molecule has 0 aliphatic rings. The molecule has 0 saturated carbocycles. The third-order valence-corrected chi connectivity index (χ3v) is 2.97. The van der Waals surface area contributed by atoms with Crippen LogP contribution < -0.4 is 5.73 Å².